The van der Waals surface area contributed by atoms with Gasteiger partial charge in [0.1, 0.15) is 0 Å². The Morgan fingerprint density at radius 2 is 1.79 bits per heavy atom. The number of rotatable bonds is 5. The number of fused-ring (bicyclic) bond motifs is 1. The second kappa shape index (κ2) is 10.1. The minimum absolute atomic E-state index is 0.0774. The van der Waals surface area contributed by atoms with E-state index in [9.17, 15) is 9.59 Å². The zero-order valence-corrected chi connectivity index (χ0v) is 19.7. The third kappa shape index (κ3) is 4.68. The molecule has 0 bridgehead atoms. The van der Waals surface area contributed by atoms with Gasteiger partial charge in [0.05, 0.1) is 23.5 Å². The molecule has 4 N–H and O–H groups in total. The van der Waals surface area contributed by atoms with Crippen molar-refractivity contribution in [3.05, 3.63) is 59.2 Å². The summed E-state index contributed by atoms with van der Waals surface area (Å²) in [6.45, 7) is 6.60. The second-order valence-electron chi connectivity index (χ2n) is 8.53. The molecule has 0 radical (unpaired) electrons. The highest BCUT2D eigenvalue weighted by Crippen LogP contribution is 2.32. The van der Waals surface area contributed by atoms with Crippen LogP contribution in [0, 0.1) is 6.92 Å². The van der Waals surface area contributed by atoms with Gasteiger partial charge in [-0.25, -0.2) is 9.78 Å². The van der Waals surface area contributed by atoms with E-state index in [1.165, 1.54) is 0 Å². The molecule has 1 saturated heterocycles. The highest BCUT2D eigenvalue weighted by Gasteiger charge is 2.26. The molecule has 1 aliphatic rings. The molecule has 4 rings (SSSR count). The number of nitrogen functional groups attached to an aromatic ring is 1. The Hall–Kier alpha value is -3.65. The molecule has 0 spiro atoms. The number of aromatic nitrogens is 1. The van der Waals surface area contributed by atoms with Gasteiger partial charge in [0.2, 0.25) is 0 Å². The van der Waals surface area contributed by atoms with Gasteiger partial charge in [-0.05, 0) is 42.7 Å². The van der Waals surface area contributed by atoms with Gasteiger partial charge < -0.3 is 26.0 Å². The summed E-state index contributed by atoms with van der Waals surface area (Å²) in [6.07, 6.45) is 0.467. The van der Waals surface area contributed by atoms with Crippen molar-refractivity contribution in [3.8, 4) is 11.3 Å². The molecule has 8 nitrogen and oxygen atoms in total. The van der Waals surface area contributed by atoms with E-state index in [1.54, 1.807) is 9.80 Å². The van der Waals surface area contributed by atoms with Crippen LogP contribution in [0.2, 0.25) is 0 Å². The van der Waals surface area contributed by atoms with Crippen molar-refractivity contribution in [1.82, 2.24) is 14.8 Å². The zero-order valence-electron chi connectivity index (χ0n) is 19.7. The predicted octanol–water partition coefficient (Wildman–Crippen LogP) is 3.56. The first-order valence-electron chi connectivity index (χ1n) is 11.6. The quantitative estimate of drug-likeness (QED) is 0.600. The van der Waals surface area contributed by atoms with Crippen molar-refractivity contribution in [2.75, 3.05) is 38.5 Å². The molecule has 0 saturated carbocycles. The number of carbonyl (C=O) groups excluding carboxylic acids is 2. The zero-order chi connectivity index (χ0) is 24.2. The average molecular weight is 462 g/mol. The number of amides is 2. The van der Waals surface area contributed by atoms with E-state index in [0.717, 1.165) is 28.5 Å². The number of piperazine rings is 1. The number of anilines is 1. The van der Waals surface area contributed by atoms with E-state index in [0.29, 0.717) is 61.8 Å². The number of benzene rings is 2. The summed E-state index contributed by atoms with van der Waals surface area (Å²) in [5, 5.41) is 0.913. The lowest BCUT2D eigenvalue weighted by molar-refractivity contribution is 0.0560. The summed E-state index contributed by atoms with van der Waals surface area (Å²) in [5.41, 5.74) is 17.6. The second-order valence-corrected chi connectivity index (χ2v) is 8.53. The average Bonchev–Trinajstić information content (AvgIpc) is 2.88. The Morgan fingerprint density at radius 3 is 2.50 bits per heavy atom. The fourth-order valence-electron chi connectivity index (χ4n) is 4.20. The highest BCUT2D eigenvalue weighted by molar-refractivity contribution is 6.00. The van der Waals surface area contributed by atoms with Crippen LogP contribution in [0.1, 0.15) is 34.8 Å². The molecule has 0 aliphatic carbocycles. The summed E-state index contributed by atoms with van der Waals surface area (Å²) < 4.78 is 5.20. The van der Waals surface area contributed by atoms with Crippen LogP contribution < -0.4 is 11.5 Å². The molecule has 2 aromatic carbocycles. The summed E-state index contributed by atoms with van der Waals surface area (Å²) in [6, 6.07) is 13.4. The number of carbonyl (C=O) groups is 2. The third-order valence-corrected chi connectivity index (χ3v) is 6.23. The minimum Gasteiger partial charge on any atom is -0.449 e. The maximum atomic E-state index is 13.2. The lowest BCUT2D eigenvalue weighted by Crippen LogP contribution is -2.50. The first kappa shape index (κ1) is 23.5. The van der Waals surface area contributed by atoms with Gasteiger partial charge in [-0.15, -0.1) is 0 Å². The topological polar surface area (TPSA) is 115 Å². The fraction of sp³-hybridized carbons (Fsp3) is 0.346. The molecule has 1 fully saturated rings. The lowest BCUT2D eigenvalue weighted by atomic mass is 10.00. The number of hydrogen-bond acceptors (Lipinski definition) is 6. The van der Waals surface area contributed by atoms with E-state index in [1.807, 2.05) is 56.3 Å². The maximum Gasteiger partial charge on any atom is 0.409 e. The SMILES string of the molecule is CCCOC(=O)N1CCN(C(=O)c2ccc3c(C)c(N)c(-c4cccc(CN)c4)nc3c2)CC1. The first-order valence-corrected chi connectivity index (χ1v) is 11.6. The molecule has 178 valence electrons. The minimum atomic E-state index is -0.317. The van der Waals surface area contributed by atoms with Crippen molar-refractivity contribution in [3.63, 3.8) is 0 Å². The number of hydrogen-bond donors (Lipinski definition) is 2. The standard InChI is InChI=1S/C26H31N5O3/c1-3-13-34-26(33)31-11-9-30(10-12-31)25(32)20-7-8-21-17(2)23(28)24(29-22(21)15-20)19-6-4-5-18(14-19)16-27/h4-8,14-15H,3,9-13,16,27-28H2,1-2H3. The van der Waals surface area contributed by atoms with Crippen molar-refractivity contribution in [2.24, 2.45) is 5.73 Å². The molecular weight excluding hydrogens is 430 g/mol. The molecule has 0 unspecified atom stereocenters. The Balaban J connectivity index is 1.58. The van der Waals surface area contributed by atoms with Crippen molar-refractivity contribution in [2.45, 2.75) is 26.8 Å². The van der Waals surface area contributed by atoms with Gasteiger partial charge in [-0.2, -0.15) is 0 Å². The number of nitrogens with zero attached hydrogens (tertiary/aromatic N) is 3. The normalized spacial score (nSPS) is 13.9. The van der Waals surface area contributed by atoms with Gasteiger partial charge >= 0.3 is 6.09 Å². The Morgan fingerprint density at radius 1 is 1.06 bits per heavy atom. The summed E-state index contributed by atoms with van der Waals surface area (Å²) in [7, 11) is 0. The van der Waals surface area contributed by atoms with Gasteiger partial charge in [-0.3, -0.25) is 4.79 Å². The first-order chi connectivity index (χ1) is 16.4. The van der Waals surface area contributed by atoms with Crippen LogP contribution in [0.3, 0.4) is 0 Å². The monoisotopic (exact) mass is 461 g/mol. The van der Waals surface area contributed by atoms with Crippen LogP contribution in [0.5, 0.6) is 0 Å². The summed E-state index contributed by atoms with van der Waals surface area (Å²) in [5.74, 6) is -0.0774. The summed E-state index contributed by atoms with van der Waals surface area (Å²) >= 11 is 0. The number of aryl methyl sites for hydroxylation is 1. The van der Waals surface area contributed by atoms with E-state index >= 15 is 0 Å². The van der Waals surface area contributed by atoms with Gasteiger partial charge in [-0.1, -0.05) is 31.2 Å². The van der Waals surface area contributed by atoms with Crippen LogP contribution in [0.4, 0.5) is 10.5 Å². The molecule has 0 atom stereocenters. The van der Waals surface area contributed by atoms with E-state index in [2.05, 4.69) is 0 Å². The predicted molar refractivity (Wildman–Crippen MR) is 133 cm³/mol. The van der Waals surface area contributed by atoms with E-state index in [-0.39, 0.29) is 12.0 Å². The molecule has 2 heterocycles. The molecule has 8 heteroatoms. The molecule has 3 aromatic rings. The van der Waals surface area contributed by atoms with Crippen LogP contribution in [0.25, 0.3) is 22.2 Å². The summed E-state index contributed by atoms with van der Waals surface area (Å²) in [4.78, 5) is 33.5. The Labute approximate surface area is 199 Å². The number of ether oxygens (including phenoxy) is 1. The van der Waals surface area contributed by atoms with Crippen LogP contribution in [-0.2, 0) is 11.3 Å². The van der Waals surface area contributed by atoms with Crippen molar-refractivity contribution >= 4 is 28.6 Å². The van der Waals surface area contributed by atoms with Gasteiger partial charge in [0.15, 0.2) is 0 Å². The lowest BCUT2D eigenvalue weighted by Gasteiger charge is -2.34. The molecular formula is C26H31N5O3. The van der Waals surface area contributed by atoms with Crippen LogP contribution in [0.15, 0.2) is 42.5 Å². The highest BCUT2D eigenvalue weighted by atomic mass is 16.6. The fourth-order valence-corrected chi connectivity index (χ4v) is 4.20. The largest absolute Gasteiger partial charge is 0.449 e. The van der Waals surface area contributed by atoms with Crippen LogP contribution >= 0.6 is 0 Å². The molecule has 1 aromatic heterocycles. The maximum absolute atomic E-state index is 13.2. The van der Waals surface area contributed by atoms with Gasteiger partial charge in [0, 0.05) is 49.2 Å². The molecule has 1 aliphatic heterocycles. The molecule has 2 amide bonds. The Bertz CT molecular complexity index is 1220. The van der Waals surface area contributed by atoms with Crippen molar-refractivity contribution in [1.29, 1.82) is 0 Å². The Kier molecular flexibility index (Phi) is 6.98. The van der Waals surface area contributed by atoms with Crippen LogP contribution in [-0.4, -0.2) is 59.6 Å². The number of nitrogens with two attached hydrogens (primary N) is 2. The molecule has 34 heavy (non-hydrogen) atoms. The number of pyridine rings is 1. The van der Waals surface area contributed by atoms with Crippen molar-refractivity contribution < 1.29 is 14.3 Å². The third-order valence-electron chi connectivity index (χ3n) is 6.23. The van der Waals surface area contributed by atoms with Gasteiger partial charge in [0.25, 0.3) is 5.91 Å². The van der Waals surface area contributed by atoms with E-state index < -0.39 is 0 Å². The van der Waals surface area contributed by atoms with E-state index in [4.69, 9.17) is 21.2 Å². The smallest absolute Gasteiger partial charge is 0.409 e.